The number of amides is 2. The molecule has 0 saturated carbocycles. The van der Waals surface area contributed by atoms with Gasteiger partial charge in [0.25, 0.3) is 0 Å². The summed E-state index contributed by atoms with van der Waals surface area (Å²) in [6.45, 7) is 0.200. The van der Waals surface area contributed by atoms with Crippen molar-refractivity contribution >= 4 is 62.6 Å². The molecule has 2 N–H and O–H groups in total. The number of hydrogen-bond acceptors (Lipinski definition) is 8. The normalized spacial score (nSPS) is 12.2. The van der Waals surface area contributed by atoms with Crippen molar-refractivity contribution in [3.63, 3.8) is 0 Å². The number of rotatable bonds is 7. The number of ether oxygens (including phenoxy) is 2. The lowest BCUT2D eigenvalue weighted by molar-refractivity contribution is -0.114. The zero-order chi connectivity index (χ0) is 23.3. The van der Waals surface area contributed by atoms with Crippen LogP contribution in [0.1, 0.15) is 5.56 Å². The van der Waals surface area contributed by atoms with Gasteiger partial charge in [0.15, 0.2) is 15.8 Å². The fourth-order valence-electron chi connectivity index (χ4n) is 3.30. The maximum absolute atomic E-state index is 12.4. The van der Waals surface area contributed by atoms with Crippen LogP contribution >= 0.6 is 23.1 Å². The topological polar surface area (TPSA) is 102 Å². The second-order valence-electron chi connectivity index (χ2n) is 7.17. The van der Waals surface area contributed by atoms with Crippen molar-refractivity contribution in [1.82, 2.24) is 10.2 Å². The number of carbonyl (C=O) groups excluding carboxylic acids is 2. The van der Waals surface area contributed by atoms with Crippen LogP contribution in [-0.2, 0) is 9.59 Å². The Hall–Kier alpha value is -3.89. The second-order valence-corrected chi connectivity index (χ2v) is 9.37. The van der Waals surface area contributed by atoms with Gasteiger partial charge in [-0.25, -0.2) is 0 Å². The first-order chi connectivity index (χ1) is 16.6. The summed E-state index contributed by atoms with van der Waals surface area (Å²) < 4.78 is 11.2. The second kappa shape index (κ2) is 9.94. The van der Waals surface area contributed by atoms with E-state index in [-0.39, 0.29) is 24.4 Å². The molecule has 0 atom stereocenters. The molecule has 1 aromatic heterocycles. The number of aromatic nitrogens is 2. The molecule has 0 saturated heterocycles. The Morgan fingerprint density at radius 3 is 2.79 bits per heavy atom. The quantitative estimate of drug-likeness (QED) is 0.218. The van der Waals surface area contributed by atoms with Gasteiger partial charge in [-0.05, 0) is 35.2 Å². The van der Waals surface area contributed by atoms with Crippen LogP contribution in [-0.4, -0.2) is 34.6 Å². The minimum absolute atomic E-state index is 0.145. The highest BCUT2D eigenvalue weighted by molar-refractivity contribution is 8.01. The molecule has 8 nitrogen and oxygen atoms in total. The summed E-state index contributed by atoms with van der Waals surface area (Å²) in [5.74, 6) is 1.03. The van der Waals surface area contributed by atoms with E-state index < -0.39 is 0 Å². The predicted octanol–water partition coefficient (Wildman–Crippen LogP) is 4.80. The average Bonchev–Trinajstić information content (AvgIpc) is 3.50. The molecule has 0 fully saturated rings. The van der Waals surface area contributed by atoms with E-state index in [1.807, 2.05) is 48.5 Å². The highest BCUT2D eigenvalue weighted by Gasteiger charge is 2.13. The molecule has 0 radical (unpaired) electrons. The minimum Gasteiger partial charge on any atom is -0.454 e. The monoisotopic (exact) mass is 490 g/mol. The summed E-state index contributed by atoms with van der Waals surface area (Å²) in [4.78, 5) is 24.7. The van der Waals surface area contributed by atoms with Crippen LogP contribution in [0.3, 0.4) is 0 Å². The number of thioether (sulfide) groups is 1. The van der Waals surface area contributed by atoms with Gasteiger partial charge in [0.2, 0.25) is 23.7 Å². The first kappa shape index (κ1) is 21.9. The van der Waals surface area contributed by atoms with Crippen molar-refractivity contribution in [3.05, 3.63) is 72.3 Å². The van der Waals surface area contributed by atoms with Crippen molar-refractivity contribution < 1.29 is 19.1 Å². The number of anilines is 2. The van der Waals surface area contributed by atoms with Crippen molar-refractivity contribution in [2.45, 2.75) is 4.34 Å². The van der Waals surface area contributed by atoms with Crippen LogP contribution in [0.5, 0.6) is 11.5 Å². The van der Waals surface area contributed by atoms with E-state index in [1.165, 1.54) is 29.2 Å². The van der Waals surface area contributed by atoms with E-state index in [9.17, 15) is 9.59 Å². The number of hydrogen-bond donors (Lipinski definition) is 2. The van der Waals surface area contributed by atoms with E-state index in [0.29, 0.717) is 21.0 Å². The van der Waals surface area contributed by atoms with E-state index in [0.717, 1.165) is 22.0 Å². The Labute approximate surface area is 203 Å². The smallest absolute Gasteiger partial charge is 0.250 e. The number of carbonyl (C=O) groups is 2. The van der Waals surface area contributed by atoms with Crippen molar-refractivity contribution in [1.29, 1.82) is 0 Å². The molecule has 1 aliphatic heterocycles. The number of nitrogens with one attached hydrogen (secondary N) is 2. The Balaban J connectivity index is 1.13. The maximum atomic E-state index is 12.4. The van der Waals surface area contributed by atoms with Crippen molar-refractivity contribution in [3.8, 4) is 11.5 Å². The van der Waals surface area contributed by atoms with Gasteiger partial charge in [-0.2, -0.15) is 0 Å². The van der Waals surface area contributed by atoms with Crippen LogP contribution in [0.25, 0.3) is 16.8 Å². The Bertz CT molecular complexity index is 1400. The summed E-state index contributed by atoms with van der Waals surface area (Å²) in [7, 11) is 0. The number of fused-ring (bicyclic) bond motifs is 2. The number of benzene rings is 3. The molecule has 4 aromatic rings. The average molecular weight is 491 g/mol. The largest absolute Gasteiger partial charge is 0.454 e. The third kappa shape index (κ3) is 5.19. The SMILES string of the molecule is O=C(/C=C/c1ccc2c(c1)OCO2)Nc1nnc(SCC(=O)Nc2cccc3ccccc23)s1. The van der Waals surface area contributed by atoms with Gasteiger partial charge >= 0.3 is 0 Å². The molecule has 0 bridgehead atoms. The predicted molar refractivity (Wildman–Crippen MR) is 133 cm³/mol. The van der Waals surface area contributed by atoms with Gasteiger partial charge in [-0.3, -0.25) is 14.9 Å². The highest BCUT2D eigenvalue weighted by Crippen LogP contribution is 2.33. The molecule has 10 heteroatoms. The Morgan fingerprint density at radius 1 is 1.00 bits per heavy atom. The van der Waals surface area contributed by atoms with Crippen molar-refractivity contribution in [2.24, 2.45) is 0 Å². The molecule has 0 spiro atoms. The first-order valence-corrected chi connectivity index (χ1v) is 12.1. The van der Waals surface area contributed by atoms with E-state index >= 15 is 0 Å². The highest BCUT2D eigenvalue weighted by atomic mass is 32.2. The first-order valence-electron chi connectivity index (χ1n) is 10.3. The molecule has 2 amide bonds. The standard InChI is InChI=1S/C24H18N4O4S2/c29-21(11-9-15-8-10-19-20(12-15)32-14-31-19)26-23-27-28-24(34-23)33-13-22(30)25-18-7-3-5-16-4-1-2-6-17(16)18/h1-12H,13-14H2,(H,25,30)(H,26,27,29)/b11-9+. The lowest BCUT2D eigenvalue weighted by Gasteiger charge is -2.08. The van der Waals surface area contributed by atoms with Gasteiger partial charge in [0, 0.05) is 17.1 Å². The van der Waals surface area contributed by atoms with Gasteiger partial charge < -0.3 is 14.8 Å². The number of nitrogens with zero attached hydrogens (tertiary/aromatic N) is 2. The molecule has 5 rings (SSSR count). The lowest BCUT2D eigenvalue weighted by Crippen LogP contribution is -2.14. The van der Waals surface area contributed by atoms with Gasteiger partial charge in [0.1, 0.15) is 0 Å². The summed E-state index contributed by atoms with van der Waals surface area (Å²) in [6.07, 6.45) is 3.08. The molecular weight excluding hydrogens is 472 g/mol. The zero-order valence-corrected chi connectivity index (χ0v) is 19.3. The fourth-order valence-corrected chi connectivity index (χ4v) is 4.86. The van der Waals surface area contributed by atoms with Gasteiger partial charge in [-0.1, -0.05) is 65.6 Å². The van der Waals surface area contributed by atoms with Gasteiger partial charge in [0.05, 0.1) is 5.75 Å². The summed E-state index contributed by atoms with van der Waals surface area (Å²) in [6, 6.07) is 19.1. The van der Waals surface area contributed by atoms with Gasteiger partial charge in [-0.15, -0.1) is 10.2 Å². The van der Waals surface area contributed by atoms with Crippen LogP contribution < -0.4 is 20.1 Å². The molecule has 1 aliphatic rings. The molecule has 3 aromatic carbocycles. The summed E-state index contributed by atoms with van der Waals surface area (Å²) in [5, 5.41) is 16.0. The maximum Gasteiger partial charge on any atom is 0.250 e. The summed E-state index contributed by atoms with van der Waals surface area (Å²) >= 11 is 2.47. The molecular formula is C24H18N4O4S2. The van der Waals surface area contributed by atoms with Crippen LogP contribution in [0.4, 0.5) is 10.8 Å². The minimum atomic E-state index is -0.334. The van der Waals surface area contributed by atoms with E-state index in [4.69, 9.17) is 9.47 Å². The molecule has 0 unspecified atom stereocenters. The van der Waals surface area contributed by atoms with Crippen LogP contribution in [0.15, 0.2) is 71.1 Å². The Morgan fingerprint density at radius 2 is 1.85 bits per heavy atom. The fraction of sp³-hybridized carbons (Fsp3) is 0.0833. The molecule has 170 valence electrons. The van der Waals surface area contributed by atoms with E-state index in [2.05, 4.69) is 20.8 Å². The van der Waals surface area contributed by atoms with Crippen LogP contribution in [0, 0.1) is 0 Å². The van der Waals surface area contributed by atoms with Crippen molar-refractivity contribution in [2.75, 3.05) is 23.2 Å². The molecule has 34 heavy (non-hydrogen) atoms. The van der Waals surface area contributed by atoms with Crippen LogP contribution in [0.2, 0.25) is 0 Å². The molecule has 2 heterocycles. The summed E-state index contributed by atoms with van der Waals surface area (Å²) in [5.41, 5.74) is 1.58. The molecule has 0 aliphatic carbocycles. The third-order valence-electron chi connectivity index (χ3n) is 4.85. The Kier molecular flexibility index (Phi) is 6.41. The zero-order valence-electron chi connectivity index (χ0n) is 17.7. The van der Waals surface area contributed by atoms with E-state index in [1.54, 1.807) is 18.2 Å². The third-order valence-corrected chi connectivity index (χ3v) is 6.82. The lowest BCUT2D eigenvalue weighted by atomic mass is 10.1.